The number of nitrogens with zero attached hydrogens (tertiary/aromatic N) is 2. The molecule has 0 radical (unpaired) electrons. The van der Waals surface area contributed by atoms with Crippen molar-refractivity contribution in [3.8, 4) is 0 Å². The Hall–Kier alpha value is -2.46. The second-order valence-corrected chi connectivity index (χ2v) is 4.60. The Morgan fingerprint density at radius 1 is 1.10 bits per heavy atom. The molecule has 1 aromatic carbocycles. The van der Waals surface area contributed by atoms with E-state index < -0.39 is 0 Å². The topological polar surface area (TPSA) is 54.9 Å². The third-order valence-electron chi connectivity index (χ3n) is 2.89. The van der Waals surface area contributed by atoms with Gasteiger partial charge in [-0.25, -0.2) is 0 Å². The Kier molecular flexibility index (Phi) is 3.31. The van der Waals surface area contributed by atoms with Crippen LogP contribution in [0.5, 0.6) is 0 Å². The average molecular weight is 284 g/mol. The van der Waals surface area contributed by atoms with Gasteiger partial charge >= 0.3 is 0 Å². The SMILES string of the molecule is O=C(Nc1cccc2cccnc12)c1cnccc1Cl. The van der Waals surface area contributed by atoms with Gasteiger partial charge in [0.2, 0.25) is 0 Å². The molecule has 0 spiro atoms. The number of para-hydroxylation sites is 1. The summed E-state index contributed by atoms with van der Waals surface area (Å²) in [6, 6.07) is 11.0. The van der Waals surface area contributed by atoms with Gasteiger partial charge in [0.15, 0.2) is 0 Å². The second kappa shape index (κ2) is 5.27. The molecular formula is C15H10ClN3O. The summed E-state index contributed by atoms with van der Waals surface area (Å²) >= 11 is 5.99. The Labute approximate surface area is 120 Å². The van der Waals surface area contributed by atoms with E-state index in [4.69, 9.17) is 11.6 Å². The fourth-order valence-corrected chi connectivity index (χ4v) is 2.13. The summed E-state index contributed by atoms with van der Waals surface area (Å²) in [6.07, 6.45) is 4.67. The molecule has 5 heteroatoms. The molecule has 4 nitrogen and oxygen atoms in total. The Bertz CT molecular complexity index is 783. The zero-order valence-electron chi connectivity index (χ0n) is 10.4. The van der Waals surface area contributed by atoms with Gasteiger partial charge in [-0.15, -0.1) is 0 Å². The van der Waals surface area contributed by atoms with Gasteiger partial charge in [-0.05, 0) is 18.2 Å². The highest BCUT2D eigenvalue weighted by atomic mass is 35.5. The van der Waals surface area contributed by atoms with Crippen LogP contribution in [0.4, 0.5) is 5.69 Å². The zero-order chi connectivity index (χ0) is 13.9. The quantitative estimate of drug-likeness (QED) is 0.783. The minimum Gasteiger partial charge on any atom is -0.320 e. The third-order valence-corrected chi connectivity index (χ3v) is 3.22. The molecule has 20 heavy (non-hydrogen) atoms. The van der Waals surface area contributed by atoms with Crippen molar-refractivity contribution < 1.29 is 4.79 Å². The van der Waals surface area contributed by atoms with Crippen LogP contribution in [0.15, 0.2) is 55.0 Å². The van der Waals surface area contributed by atoms with Crippen LogP contribution in [0.1, 0.15) is 10.4 Å². The van der Waals surface area contributed by atoms with Crippen molar-refractivity contribution in [2.24, 2.45) is 0 Å². The number of anilines is 1. The number of aromatic nitrogens is 2. The molecule has 1 amide bonds. The number of halogens is 1. The lowest BCUT2D eigenvalue weighted by Gasteiger charge is -2.08. The second-order valence-electron chi connectivity index (χ2n) is 4.19. The molecule has 3 aromatic rings. The largest absolute Gasteiger partial charge is 0.320 e. The van der Waals surface area contributed by atoms with E-state index in [9.17, 15) is 4.79 Å². The Morgan fingerprint density at radius 2 is 1.95 bits per heavy atom. The standard InChI is InChI=1S/C15H10ClN3O/c16-12-6-8-17-9-11(12)15(20)19-13-5-1-3-10-4-2-7-18-14(10)13/h1-9H,(H,19,20). The normalized spacial score (nSPS) is 10.4. The van der Waals surface area contributed by atoms with Gasteiger partial charge in [0.1, 0.15) is 0 Å². The number of amides is 1. The van der Waals surface area contributed by atoms with Crippen LogP contribution >= 0.6 is 11.6 Å². The summed E-state index contributed by atoms with van der Waals surface area (Å²) < 4.78 is 0. The molecule has 2 aromatic heterocycles. The van der Waals surface area contributed by atoms with Crippen molar-refractivity contribution in [2.75, 3.05) is 5.32 Å². The number of fused-ring (bicyclic) bond motifs is 1. The lowest BCUT2D eigenvalue weighted by molar-refractivity contribution is 0.102. The van der Waals surface area contributed by atoms with Crippen molar-refractivity contribution in [1.82, 2.24) is 9.97 Å². The predicted octanol–water partition coefficient (Wildman–Crippen LogP) is 3.54. The molecule has 2 heterocycles. The lowest BCUT2D eigenvalue weighted by atomic mass is 10.2. The summed E-state index contributed by atoms with van der Waals surface area (Å²) in [6.45, 7) is 0. The van der Waals surface area contributed by atoms with E-state index in [-0.39, 0.29) is 5.91 Å². The fourth-order valence-electron chi connectivity index (χ4n) is 1.94. The van der Waals surface area contributed by atoms with Crippen LogP contribution in [0.3, 0.4) is 0 Å². The zero-order valence-corrected chi connectivity index (χ0v) is 11.1. The van der Waals surface area contributed by atoms with Crippen LogP contribution < -0.4 is 5.32 Å². The van der Waals surface area contributed by atoms with E-state index >= 15 is 0 Å². The molecule has 0 aliphatic heterocycles. The van der Waals surface area contributed by atoms with E-state index in [0.29, 0.717) is 16.3 Å². The maximum Gasteiger partial charge on any atom is 0.258 e. The van der Waals surface area contributed by atoms with Gasteiger partial charge in [0, 0.05) is 24.0 Å². The summed E-state index contributed by atoms with van der Waals surface area (Å²) in [5.41, 5.74) is 1.72. The van der Waals surface area contributed by atoms with Crippen LogP contribution in [0.25, 0.3) is 10.9 Å². The summed E-state index contributed by atoms with van der Waals surface area (Å²) in [4.78, 5) is 20.4. The van der Waals surface area contributed by atoms with Crippen molar-refractivity contribution in [2.45, 2.75) is 0 Å². The monoisotopic (exact) mass is 283 g/mol. The number of hydrogen-bond acceptors (Lipinski definition) is 3. The number of hydrogen-bond donors (Lipinski definition) is 1. The molecular weight excluding hydrogens is 274 g/mol. The van der Waals surface area contributed by atoms with Crippen LogP contribution in [0, 0.1) is 0 Å². The van der Waals surface area contributed by atoms with E-state index in [1.54, 1.807) is 24.5 Å². The first-order chi connectivity index (χ1) is 9.75. The molecule has 0 saturated heterocycles. The minimum absolute atomic E-state index is 0.304. The van der Waals surface area contributed by atoms with Crippen LogP contribution in [-0.2, 0) is 0 Å². The molecule has 98 valence electrons. The first-order valence-corrected chi connectivity index (χ1v) is 6.38. The highest BCUT2D eigenvalue weighted by Gasteiger charge is 2.12. The van der Waals surface area contributed by atoms with Crippen LogP contribution in [-0.4, -0.2) is 15.9 Å². The molecule has 1 N–H and O–H groups in total. The maximum absolute atomic E-state index is 12.2. The minimum atomic E-state index is -0.304. The first kappa shape index (κ1) is 12.6. The molecule has 3 rings (SSSR count). The van der Waals surface area contributed by atoms with Gasteiger partial charge in [-0.2, -0.15) is 0 Å². The smallest absolute Gasteiger partial charge is 0.258 e. The van der Waals surface area contributed by atoms with E-state index in [0.717, 1.165) is 10.9 Å². The summed E-state index contributed by atoms with van der Waals surface area (Å²) in [5.74, 6) is -0.304. The molecule has 0 aliphatic rings. The van der Waals surface area contributed by atoms with Gasteiger partial charge < -0.3 is 5.32 Å². The number of carbonyl (C=O) groups excluding carboxylic acids is 1. The maximum atomic E-state index is 12.2. The third kappa shape index (κ3) is 2.33. The molecule has 0 fully saturated rings. The number of benzene rings is 1. The van der Waals surface area contributed by atoms with Crippen molar-refractivity contribution in [3.63, 3.8) is 0 Å². The lowest BCUT2D eigenvalue weighted by Crippen LogP contribution is -2.13. The summed E-state index contributed by atoms with van der Waals surface area (Å²) in [7, 11) is 0. The average Bonchev–Trinajstić information content (AvgIpc) is 2.48. The predicted molar refractivity (Wildman–Crippen MR) is 78.9 cm³/mol. The molecule has 0 saturated carbocycles. The Morgan fingerprint density at radius 3 is 2.80 bits per heavy atom. The van der Waals surface area contributed by atoms with Gasteiger partial charge in [0.05, 0.1) is 21.8 Å². The van der Waals surface area contributed by atoms with E-state index in [2.05, 4.69) is 15.3 Å². The fraction of sp³-hybridized carbons (Fsp3) is 0. The molecule has 0 unspecified atom stereocenters. The number of rotatable bonds is 2. The van der Waals surface area contributed by atoms with Crippen molar-refractivity contribution in [1.29, 1.82) is 0 Å². The van der Waals surface area contributed by atoms with Crippen molar-refractivity contribution >= 4 is 34.1 Å². The van der Waals surface area contributed by atoms with Gasteiger partial charge in [-0.1, -0.05) is 29.8 Å². The molecule has 0 atom stereocenters. The number of nitrogens with one attached hydrogen (secondary N) is 1. The highest BCUT2D eigenvalue weighted by Crippen LogP contribution is 2.22. The van der Waals surface area contributed by atoms with E-state index in [1.807, 2.05) is 24.3 Å². The summed E-state index contributed by atoms with van der Waals surface area (Å²) in [5, 5.41) is 4.14. The molecule has 0 aliphatic carbocycles. The highest BCUT2D eigenvalue weighted by molar-refractivity contribution is 6.34. The van der Waals surface area contributed by atoms with Gasteiger partial charge in [0.25, 0.3) is 5.91 Å². The molecule has 0 bridgehead atoms. The number of carbonyl (C=O) groups is 1. The number of pyridine rings is 2. The van der Waals surface area contributed by atoms with Crippen molar-refractivity contribution in [3.05, 3.63) is 65.6 Å². The van der Waals surface area contributed by atoms with E-state index in [1.165, 1.54) is 6.20 Å². The van der Waals surface area contributed by atoms with Crippen LogP contribution in [0.2, 0.25) is 5.02 Å². The van der Waals surface area contributed by atoms with Gasteiger partial charge in [-0.3, -0.25) is 14.8 Å². The Balaban J connectivity index is 1.98. The first-order valence-electron chi connectivity index (χ1n) is 6.00.